The zero-order valence-corrected chi connectivity index (χ0v) is 12.3. The molecule has 0 aliphatic rings. The summed E-state index contributed by atoms with van der Waals surface area (Å²) in [5, 5.41) is 5.34. The van der Waals surface area contributed by atoms with Gasteiger partial charge in [0.25, 0.3) is 0 Å². The third kappa shape index (κ3) is 7.66. The molecule has 0 aliphatic carbocycles. The van der Waals surface area contributed by atoms with Crippen LogP contribution >= 0.6 is 0 Å². The van der Waals surface area contributed by atoms with Crippen molar-refractivity contribution in [2.24, 2.45) is 5.92 Å². The van der Waals surface area contributed by atoms with E-state index in [2.05, 4.69) is 10.6 Å². The maximum atomic E-state index is 11.7. The highest BCUT2D eigenvalue weighted by Gasteiger charge is 2.26. The summed E-state index contributed by atoms with van der Waals surface area (Å²) >= 11 is 0. The van der Waals surface area contributed by atoms with Gasteiger partial charge in [-0.15, -0.1) is 0 Å². The number of esters is 1. The third-order valence-electron chi connectivity index (χ3n) is 2.91. The summed E-state index contributed by atoms with van der Waals surface area (Å²) in [4.78, 5) is 23.2. The van der Waals surface area contributed by atoms with Crippen molar-refractivity contribution in [2.75, 3.05) is 26.9 Å². The summed E-state index contributed by atoms with van der Waals surface area (Å²) in [6.45, 7) is 7.58. The van der Waals surface area contributed by atoms with Gasteiger partial charge in [-0.3, -0.25) is 0 Å². The summed E-state index contributed by atoms with van der Waals surface area (Å²) in [6, 6.07) is -0.964. The second-order valence-electron chi connectivity index (χ2n) is 4.34. The SMILES string of the molecule is CCOCCCNC(=O)N[C@H](C(=O)OC)C(C)CC. The molecule has 19 heavy (non-hydrogen) atoms. The smallest absolute Gasteiger partial charge is 0.328 e. The van der Waals surface area contributed by atoms with Crippen LogP contribution in [0.2, 0.25) is 0 Å². The molecule has 0 rings (SSSR count). The van der Waals surface area contributed by atoms with E-state index in [0.717, 1.165) is 12.8 Å². The molecule has 0 aromatic rings. The number of ether oxygens (including phenoxy) is 2. The molecule has 0 saturated heterocycles. The molecule has 112 valence electrons. The molecule has 0 aliphatic heterocycles. The van der Waals surface area contributed by atoms with Crippen LogP contribution in [-0.4, -0.2) is 44.9 Å². The van der Waals surface area contributed by atoms with Gasteiger partial charge in [-0.25, -0.2) is 9.59 Å². The second kappa shape index (κ2) is 10.6. The van der Waals surface area contributed by atoms with Gasteiger partial charge in [0.05, 0.1) is 7.11 Å². The van der Waals surface area contributed by atoms with Crippen molar-refractivity contribution >= 4 is 12.0 Å². The van der Waals surface area contributed by atoms with E-state index >= 15 is 0 Å². The second-order valence-corrected chi connectivity index (χ2v) is 4.34. The monoisotopic (exact) mass is 274 g/mol. The highest BCUT2D eigenvalue weighted by atomic mass is 16.5. The van der Waals surface area contributed by atoms with Crippen molar-refractivity contribution in [3.05, 3.63) is 0 Å². The molecule has 0 saturated carbocycles. The number of hydrogen-bond donors (Lipinski definition) is 2. The minimum Gasteiger partial charge on any atom is -0.467 e. The summed E-state index contributed by atoms with van der Waals surface area (Å²) in [5.41, 5.74) is 0. The largest absolute Gasteiger partial charge is 0.467 e. The first-order chi connectivity index (χ1) is 9.06. The first-order valence-corrected chi connectivity index (χ1v) is 6.76. The molecule has 1 unspecified atom stereocenters. The first-order valence-electron chi connectivity index (χ1n) is 6.76. The van der Waals surface area contributed by atoms with Gasteiger partial charge in [-0.05, 0) is 19.3 Å². The Bertz CT molecular complexity index is 271. The fourth-order valence-corrected chi connectivity index (χ4v) is 1.51. The van der Waals surface area contributed by atoms with Gasteiger partial charge in [0.2, 0.25) is 0 Å². The molecule has 0 fully saturated rings. The number of carbonyl (C=O) groups is 2. The molecule has 2 N–H and O–H groups in total. The highest BCUT2D eigenvalue weighted by molar-refractivity contribution is 5.83. The van der Waals surface area contributed by atoms with Crippen LogP contribution < -0.4 is 10.6 Å². The van der Waals surface area contributed by atoms with Crippen molar-refractivity contribution in [2.45, 2.75) is 39.7 Å². The zero-order valence-electron chi connectivity index (χ0n) is 12.3. The van der Waals surface area contributed by atoms with E-state index < -0.39 is 12.0 Å². The summed E-state index contributed by atoms with van der Waals surface area (Å²) < 4.78 is 9.85. The number of methoxy groups -OCH3 is 1. The normalized spacial score (nSPS) is 13.5. The number of rotatable bonds is 9. The Labute approximate surface area is 115 Å². The lowest BCUT2D eigenvalue weighted by Gasteiger charge is -2.21. The van der Waals surface area contributed by atoms with E-state index in [-0.39, 0.29) is 11.9 Å². The third-order valence-corrected chi connectivity index (χ3v) is 2.91. The Morgan fingerprint density at radius 1 is 1.26 bits per heavy atom. The average Bonchev–Trinajstić information content (AvgIpc) is 2.42. The molecule has 2 atom stereocenters. The molecule has 6 heteroatoms. The van der Waals surface area contributed by atoms with Gasteiger partial charge in [0.1, 0.15) is 6.04 Å². The van der Waals surface area contributed by atoms with E-state index in [1.807, 2.05) is 20.8 Å². The Morgan fingerprint density at radius 2 is 1.95 bits per heavy atom. The molecule has 0 radical (unpaired) electrons. The fourth-order valence-electron chi connectivity index (χ4n) is 1.51. The van der Waals surface area contributed by atoms with Crippen LogP contribution in [0.5, 0.6) is 0 Å². The van der Waals surface area contributed by atoms with Crippen molar-refractivity contribution in [3.8, 4) is 0 Å². The van der Waals surface area contributed by atoms with Gasteiger partial charge in [0.15, 0.2) is 0 Å². The van der Waals surface area contributed by atoms with Gasteiger partial charge >= 0.3 is 12.0 Å². The van der Waals surface area contributed by atoms with Crippen LogP contribution in [0.1, 0.15) is 33.6 Å². The van der Waals surface area contributed by atoms with E-state index in [1.54, 1.807) is 0 Å². The number of hydrogen-bond acceptors (Lipinski definition) is 4. The van der Waals surface area contributed by atoms with E-state index in [4.69, 9.17) is 9.47 Å². The average molecular weight is 274 g/mol. The number of nitrogens with one attached hydrogen (secondary N) is 2. The molecule has 0 spiro atoms. The Morgan fingerprint density at radius 3 is 2.47 bits per heavy atom. The first kappa shape index (κ1) is 17.7. The van der Waals surface area contributed by atoms with E-state index in [9.17, 15) is 9.59 Å². The van der Waals surface area contributed by atoms with Crippen molar-refractivity contribution in [3.63, 3.8) is 0 Å². The minimum absolute atomic E-state index is 0.0293. The van der Waals surface area contributed by atoms with Crippen molar-refractivity contribution in [1.82, 2.24) is 10.6 Å². The van der Waals surface area contributed by atoms with E-state index in [1.165, 1.54) is 7.11 Å². The van der Waals surface area contributed by atoms with Crippen molar-refractivity contribution < 1.29 is 19.1 Å². The topological polar surface area (TPSA) is 76.7 Å². The van der Waals surface area contributed by atoms with Crippen LogP contribution in [-0.2, 0) is 14.3 Å². The molecule has 0 heterocycles. The Balaban J connectivity index is 4.06. The summed E-state index contributed by atoms with van der Waals surface area (Å²) in [5.74, 6) is -0.388. The van der Waals surface area contributed by atoms with Crippen molar-refractivity contribution in [1.29, 1.82) is 0 Å². The molecular formula is C13H26N2O4. The van der Waals surface area contributed by atoms with Crippen LogP contribution in [0, 0.1) is 5.92 Å². The van der Waals surface area contributed by atoms with Crippen LogP contribution in [0.4, 0.5) is 4.79 Å². The lowest BCUT2D eigenvalue weighted by Crippen LogP contribution is -2.49. The molecule has 0 aromatic heterocycles. The maximum Gasteiger partial charge on any atom is 0.328 e. The Hall–Kier alpha value is -1.30. The molecule has 6 nitrogen and oxygen atoms in total. The van der Waals surface area contributed by atoms with Crippen LogP contribution in [0.15, 0.2) is 0 Å². The lowest BCUT2D eigenvalue weighted by atomic mass is 9.99. The molecule has 2 amide bonds. The van der Waals surface area contributed by atoms with Crippen LogP contribution in [0.25, 0.3) is 0 Å². The summed E-state index contributed by atoms with van der Waals surface area (Å²) in [6.07, 6.45) is 1.53. The highest BCUT2D eigenvalue weighted by Crippen LogP contribution is 2.08. The minimum atomic E-state index is -0.609. The number of amides is 2. The molecule has 0 bridgehead atoms. The predicted molar refractivity (Wildman–Crippen MR) is 72.9 cm³/mol. The maximum absolute atomic E-state index is 11.7. The summed E-state index contributed by atoms with van der Waals surface area (Å²) in [7, 11) is 1.32. The van der Waals surface area contributed by atoms with Gasteiger partial charge in [-0.2, -0.15) is 0 Å². The fraction of sp³-hybridized carbons (Fsp3) is 0.846. The van der Waals surface area contributed by atoms with Gasteiger partial charge in [0, 0.05) is 19.8 Å². The van der Waals surface area contributed by atoms with Gasteiger partial charge in [-0.1, -0.05) is 20.3 Å². The number of urea groups is 1. The van der Waals surface area contributed by atoms with Crippen LogP contribution in [0.3, 0.4) is 0 Å². The quantitative estimate of drug-likeness (QED) is 0.491. The molecule has 0 aromatic carbocycles. The predicted octanol–water partition coefficient (Wildman–Crippen LogP) is 1.30. The molecular weight excluding hydrogens is 248 g/mol. The zero-order chi connectivity index (χ0) is 14.7. The Kier molecular flexibility index (Phi) is 9.88. The lowest BCUT2D eigenvalue weighted by molar-refractivity contribution is -0.144. The van der Waals surface area contributed by atoms with E-state index in [0.29, 0.717) is 19.8 Å². The van der Waals surface area contributed by atoms with Gasteiger partial charge < -0.3 is 20.1 Å². The number of carbonyl (C=O) groups excluding carboxylic acids is 2. The standard InChI is InChI=1S/C13H26N2O4/c1-5-10(3)11(12(16)18-4)15-13(17)14-8-7-9-19-6-2/h10-11H,5-9H2,1-4H3,(H2,14,15,17)/t10?,11-/m0/s1.